The topological polar surface area (TPSA) is 101 Å². The summed E-state index contributed by atoms with van der Waals surface area (Å²) in [4.78, 5) is 21.1. The minimum atomic E-state index is -2.88. The number of hydrogen-bond donors (Lipinski definition) is 3. The van der Waals surface area contributed by atoms with Gasteiger partial charge in [0.1, 0.15) is 0 Å². The first-order chi connectivity index (χ1) is 10.6. The minimum Gasteiger partial charge on any atom is -0.478 e. The van der Waals surface area contributed by atoms with Crippen molar-refractivity contribution in [2.45, 2.75) is 69.9 Å². The van der Waals surface area contributed by atoms with Gasteiger partial charge in [-0.3, -0.25) is 4.57 Å². The Hall–Kier alpha value is -0.640. The molecule has 0 radical (unpaired) electrons. The van der Waals surface area contributed by atoms with Gasteiger partial charge < -0.3 is 15.7 Å². The van der Waals surface area contributed by atoms with Gasteiger partial charge in [0.15, 0.2) is 8.03 Å². The van der Waals surface area contributed by atoms with Crippen LogP contribution in [0.3, 0.4) is 0 Å². The van der Waals surface area contributed by atoms with Gasteiger partial charge in [-0.2, -0.15) is 0 Å². The standard InChI is InChI=1S/C16H30NO4P/c17-11-7-2-1-6-10-15(22(20)21)14(16(18)19)12-13-8-4-3-5-9-13/h12-13,15,22H,1-11,17H2,(H,18,19)(H,20,21). The maximum Gasteiger partial charge on any atom is 0.332 e. The average Bonchev–Trinajstić information content (AvgIpc) is 2.49. The van der Waals surface area contributed by atoms with Crippen LogP contribution in [0.15, 0.2) is 11.6 Å². The minimum absolute atomic E-state index is 0.164. The van der Waals surface area contributed by atoms with Crippen LogP contribution >= 0.6 is 8.03 Å². The second kappa shape index (κ2) is 11.0. The molecule has 1 saturated carbocycles. The highest BCUT2D eigenvalue weighted by Crippen LogP contribution is 2.36. The van der Waals surface area contributed by atoms with Crippen molar-refractivity contribution >= 4 is 14.0 Å². The second-order valence-electron chi connectivity index (χ2n) is 6.21. The van der Waals surface area contributed by atoms with E-state index in [1.54, 1.807) is 6.08 Å². The highest BCUT2D eigenvalue weighted by Gasteiger charge is 2.26. The summed E-state index contributed by atoms with van der Waals surface area (Å²) in [5.74, 6) is -0.786. The first-order valence-electron chi connectivity index (χ1n) is 8.44. The summed E-state index contributed by atoms with van der Waals surface area (Å²) in [5.41, 5.74) is 4.90. The Kier molecular flexibility index (Phi) is 9.69. The zero-order chi connectivity index (χ0) is 16.4. The third kappa shape index (κ3) is 7.08. The molecule has 4 N–H and O–H groups in total. The van der Waals surface area contributed by atoms with E-state index < -0.39 is 19.7 Å². The number of allylic oxidation sites excluding steroid dienone is 1. The van der Waals surface area contributed by atoms with Crippen LogP contribution in [0, 0.1) is 5.92 Å². The lowest BCUT2D eigenvalue weighted by Gasteiger charge is -2.21. The van der Waals surface area contributed by atoms with E-state index in [1.165, 1.54) is 6.42 Å². The first-order valence-corrected chi connectivity index (χ1v) is 9.87. The SMILES string of the molecule is NCCCCCCC(C(=CC1CCCCC1)C(=O)O)[PH](=O)O. The summed E-state index contributed by atoms with van der Waals surface area (Å²) in [6.07, 6.45) is 11.3. The van der Waals surface area contributed by atoms with Gasteiger partial charge in [0.2, 0.25) is 0 Å². The number of carboxylic acids is 1. The Bertz CT molecular complexity index is 392. The van der Waals surface area contributed by atoms with Crippen molar-refractivity contribution in [2.75, 3.05) is 6.54 Å². The number of carbonyl (C=O) groups is 1. The predicted octanol–water partition coefficient (Wildman–Crippen LogP) is 3.32. The van der Waals surface area contributed by atoms with E-state index in [2.05, 4.69) is 0 Å². The Morgan fingerprint density at radius 3 is 2.36 bits per heavy atom. The molecular formula is C16H30NO4P. The highest BCUT2D eigenvalue weighted by atomic mass is 31.1. The van der Waals surface area contributed by atoms with Crippen LogP contribution in [0.1, 0.15) is 64.2 Å². The van der Waals surface area contributed by atoms with Crippen LogP contribution in [0.4, 0.5) is 0 Å². The zero-order valence-corrected chi connectivity index (χ0v) is 14.3. The molecule has 1 rings (SSSR count). The molecule has 0 amide bonds. The molecular weight excluding hydrogens is 301 g/mol. The van der Waals surface area contributed by atoms with E-state index in [0.29, 0.717) is 13.0 Å². The number of carboxylic acid groups (broad SMARTS) is 1. The third-order valence-electron chi connectivity index (χ3n) is 4.43. The predicted molar refractivity (Wildman–Crippen MR) is 89.4 cm³/mol. The fraction of sp³-hybridized carbons (Fsp3) is 0.812. The van der Waals surface area contributed by atoms with Crippen LogP contribution < -0.4 is 5.73 Å². The van der Waals surface area contributed by atoms with Crippen molar-refractivity contribution in [3.63, 3.8) is 0 Å². The average molecular weight is 331 g/mol. The summed E-state index contributed by atoms with van der Waals surface area (Å²) in [5, 5.41) is 9.45. The van der Waals surface area contributed by atoms with Crippen molar-refractivity contribution < 1.29 is 19.4 Å². The molecule has 128 valence electrons. The summed E-state index contributed by atoms with van der Waals surface area (Å²) >= 11 is 0. The molecule has 2 unspecified atom stereocenters. The van der Waals surface area contributed by atoms with Crippen LogP contribution in [-0.4, -0.2) is 28.2 Å². The van der Waals surface area contributed by atoms with E-state index in [1.807, 2.05) is 0 Å². The van der Waals surface area contributed by atoms with Gasteiger partial charge >= 0.3 is 5.97 Å². The van der Waals surface area contributed by atoms with Crippen LogP contribution in [0.5, 0.6) is 0 Å². The monoisotopic (exact) mass is 331 g/mol. The third-order valence-corrected chi connectivity index (χ3v) is 5.63. The van der Waals surface area contributed by atoms with Gasteiger partial charge in [0.25, 0.3) is 0 Å². The number of nitrogens with two attached hydrogens (primary N) is 1. The number of unbranched alkanes of at least 4 members (excludes halogenated alkanes) is 3. The van der Waals surface area contributed by atoms with Crippen LogP contribution in [-0.2, 0) is 9.36 Å². The summed E-state index contributed by atoms with van der Waals surface area (Å²) in [6, 6.07) is 0. The van der Waals surface area contributed by atoms with Gasteiger partial charge in [-0.1, -0.05) is 44.6 Å². The molecule has 0 saturated heterocycles. The lowest BCUT2D eigenvalue weighted by Crippen LogP contribution is -2.17. The fourth-order valence-electron chi connectivity index (χ4n) is 3.15. The molecule has 1 fully saturated rings. The van der Waals surface area contributed by atoms with Crippen LogP contribution in [0.2, 0.25) is 0 Å². The van der Waals surface area contributed by atoms with Gasteiger partial charge in [-0.05, 0) is 38.1 Å². The molecule has 0 aromatic carbocycles. The molecule has 0 bridgehead atoms. The van der Waals surface area contributed by atoms with Gasteiger partial charge in [0, 0.05) is 5.57 Å². The quantitative estimate of drug-likeness (QED) is 0.324. The van der Waals surface area contributed by atoms with E-state index in [9.17, 15) is 19.4 Å². The number of hydrogen-bond acceptors (Lipinski definition) is 3. The maximum atomic E-state index is 11.7. The molecule has 5 nitrogen and oxygen atoms in total. The van der Waals surface area contributed by atoms with Crippen LogP contribution in [0.25, 0.3) is 0 Å². The number of aliphatic carboxylic acids is 1. The molecule has 1 aliphatic carbocycles. The largest absolute Gasteiger partial charge is 0.478 e. The zero-order valence-electron chi connectivity index (χ0n) is 13.3. The van der Waals surface area contributed by atoms with Crippen molar-refractivity contribution in [3.05, 3.63) is 11.6 Å². The second-order valence-corrected chi connectivity index (χ2v) is 7.58. The van der Waals surface area contributed by atoms with E-state index in [0.717, 1.165) is 51.4 Å². The van der Waals surface area contributed by atoms with E-state index in [4.69, 9.17) is 5.73 Å². The molecule has 22 heavy (non-hydrogen) atoms. The Balaban J connectivity index is 2.67. The Labute approximate surface area is 133 Å². The van der Waals surface area contributed by atoms with Gasteiger partial charge in [0.05, 0.1) is 5.66 Å². The number of rotatable bonds is 10. The first kappa shape index (κ1) is 19.4. The molecule has 2 atom stereocenters. The molecule has 6 heteroatoms. The molecule has 0 aromatic rings. The maximum absolute atomic E-state index is 11.7. The molecule has 0 aromatic heterocycles. The van der Waals surface area contributed by atoms with E-state index >= 15 is 0 Å². The van der Waals surface area contributed by atoms with Crippen molar-refractivity contribution in [3.8, 4) is 0 Å². The molecule has 1 aliphatic rings. The van der Waals surface area contributed by atoms with E-state index in [-0.39, 0.29) is 11.5 Å². The van der Waals surface area contributed by atoms with Gasteiger partial charge in [-0.15, -0.1) is 0 Å². The van der Waals surface area contributed by atoms with Crippen molar-refractivity contribution in [1.82, 2.24) is 0 Å². The summed E-state index contributed by atoms with van der Waals surface area (Å²) < 4.78 is 11.7. The lowest BCUT2D eigenvalue weighted by molar-refractivity contribution is -0.132. The van der Waals surface area contributed by atoms with Crippen molar-refractivity contribution in [1.29, 1.82) is 0 Å². The highest BCUT2D eigenvalue weighted by molar-refractivity contribution is 7.39. The lowest BCUT2D eigenvalue weighted by atomic mass is 9.87. The fourth-order valence-corrected chi connectivity index (χ4v) is 4.09. The Morgan fingerprint density at radius 1 is 1.18 bits per heavy atom. The summed E-state index contributed by atoms with van der Waals surface area (Å²) in [7, 11) is -2.88. The normalized spacial score (nSPS) is 19.8. The molecule has 0 spiro atoms. The Morgan fingerprint density at radius 2 is 1.82 bits per heavy atom. The molecule has 0 aliphatic heterocycles. The van der Waals surface area contributed by atoms with Gasteiger partial charge in [-0.25, -0.2) is 4.79 Å². The van der Waals surface area contributed by atoms with Crippen molar-refractivity contribution in [2.24, 2.45) is 11.7 Å². The molecule has 0 heterocycles. The smallest absolute Gasteiger partial charge is 0.332 e. The summed E-state index contributed by atoms with van der Waals surface area (Å²) in [6.45, 7) is 0.655.